The molecule has 2 heterocycles. The van der Waals surface area contributed by atoms with E-state index < -0.39 is 35.2 Å². The number of fused-ring (bicyclic) bond motifs is 1. The number of imide groups is 1. The highest BCUT2D eigenvalue weighted by Crippen LogP contribution is 2.38. The first kappa shape index (κ1) is 27.8. The van der Waals surface area contributed by atoms with Crippen molar-refractivity contribution in [2.24, 2.45) is 0 Å². The zero-order chi connectivity index (χ0) is 29.0. The minimum atomic E-state index is -1.07. The lowest BCUT2D eigenvalue weighted by atomic mass is 9.72. The molecule has 1 fully saturated rings. The molecule has 0 aromatic heterocycles. The molecule has 208 valence electrons. The van der Waals surface area contributed by atoms with E-state index >= 15 is 0 Å². The first-order chi connectivity index (χ1) is 19.9. The highest BCUT2D eigenvalue weighted by Gasteiger charge is 2.39. The summed E-state index contributed by atoms with van der Waals surface area (Å²) in [4.78, 5) is 29.5. The molecule has 0 bridgehead atoms. The number of halogens is 2. The Morgan fingerprint density at radius 3 is 2.49 bits per heavy atom. The zero-order valence-corrected chi connectivity index (χ0v) is 22.2. The van der Waals surface area contributed by atoms with E-state index in [2.05, 4.69) is 27.7 Å². The van der Waals surface area contributed by atoms with Crippen molar-refractivity contribution in [2.45, 2.75) is 30.7 Å². The number of benzene rings is 3. The minimum absolute atomic E-state index is 0.272. The van der Waals surface area contributed by atoms with Gasteiger partial charge in [-0.2, -0.15) is 10.5 Å². The van der Waals surface area contributed by atoms with Gasteiger partial charge in [-0.1, -0.05) is 42.5 Å². The largest absolute Gasteiger partial charge is 0.337 e. The first-order valence-electron chi connectivity index (χ1n) is 13.4. The Morgan fingerprint density at radius 2 is 1.76 bits per heavy atom. The van der Waals surface area contributed by atoms with Crippen molar-refractivity contribution in [1.82, 2.24) is 15.1 Å². The molecule has 2 N–H and O–H groups in total. The lowest BCUT2D eigenvalue weighted by Crippen LogP contribution is -2.51. The van der Waals surface area contributed by atoms with E-state index in [0.717, 1.165) is 22.6 Å². The third-order valence-electron chi connectivity index (χ3n) is 7.87. The maximum absolute atomic E-state index is 14.1. The highest BCUT2D eigenvalue weighted by atomic mass is 19.2. The number of amides is 4. The number of carbonyl (C=O) groups is 2. The van der Waals surface area contributed by atoms with Crippen LogP contribution in [0, 0.1) is 34.3 Å². The van der Waals surface area contributed by atoms with Crippen LogP contribution >= 0.6 is 0 Å². The van der Waals surface area contributed by atoms with Gasteiger partial charge in [0, 0.05) is 17.8 Å². The number of carbonyl (C=O) groups excluding carboxylic acids is 2. The summed E-state index contributed by atoms with van der Waals surface area (Å²) in [5.74, 6) is -2.08. The molecule has 0 saturated carbocycles. The average molecular weight is 555 g/mol. The van der Waals surface area contributed by atoms with Gasteiger partial charge in [0.05, 0.1) is 29.2 Å². The molecule has 1 atom stereocenters. The number of nitrogens with one attached hydrogen (secondary N) is 2. The molecule has 1 saturated heterocycles. The number of nitrogens with zero attached hydrogens (tertiary/aromatic N) is 4. The van der Waals surface area contributed by atoms with Crippen LogP contribution in [0.4, 0.5) is 24.1 Å². The topological polar surface area (TPSA) is 112 Å². The Morgan fingerprint density at radius 1 is 1.02 bits per heavy atom. The summed E-state index contributed by atoms with van der Waals surface area (Å²) < 4.78 is 27.8. The van der Waals surface area contributed by atoms with Gasteiger partial charge >= 0.3 is 12.1 Å². The van der Waals surface area contributed by atoms with E-state index in [1.807, 2.05) is 12.1 Å². The number of para-hydroxylation sites is 1. The molecule has 1 unspecified atom stereocenters. The molecule has 0 spiro atoms. The quantitative estimate of drug-likeness (QED) is 0.395. The summed E-state index contributed by atoms with van der Waals surface area (Å²) in [6, 6.07) is 19.9. The highest BCUT2D eigenvalue weighted by molar-refractivity contribution is 6.04. The number of anilines is 1. The van der Waals surface area contributed by atoms with Gasteiger partial charge in [0.1, 0.15) is 0 Å². The van der Waals surface area contributed by atoms with Crippen molar-refractivity contribution in [1.29, 1.82) is 10.5 Å². The Labute approximate surface area is 236 Å². The van der Waals surface area contributed by atoms with Crippen molar-refractivity contribution in [3.63, 3.8) is 0 Å². The SMILES string of the molecule is N#Cc1ccccc1C1(C#N)CCN(CCCNC(=O)N2C(=O)Nc3ccccc3C2c2ccc(F)c(F)c2)CC1. The van der Waals surface area contributed by atoms with Crippen LogP contribution < -0.4 is 10.6 Å². The monoisotopic (exact) mass is 554 g/mol. The van der Waals surface area contributed by atoms with Crippen LogP contribution in [0.5, 0.6) is 0 Å². The number of hydrogen-bond acceptors (Lipinski definition) is 5. The van der Waals surface area contributed by atoms with Gasteiger partial charge in [-0.05, 0) is 74.3 Å². The van der Waals surface area contributed by atoms with Gasteiger partial charge in [-0.15, -0.1) is 0 Å². The van der Waals surface area contributed by atoms with Crippen LogP contribution in [0.15, 0.2) is 66.7 Å². The van der Waals surface area contributed by atoms with E-state index in [9.17, 15) is 28.9 Å². The molecule has 2 aliphatic heterocycles. The van der Waals surface area contributed by atoms with E-state index in [0.29, 0.717) is 55.7 Å². The molecule has 3 aromatic rings. The first-order valence-corrected chi connectivity index (χ1v) is 13.4. The van der Waals surface area contributed by atoms with Gasteiger partial charge in [-0.3, -0.25) is 0 Å². The van der Waals surface area contributed by atoms with E-state index in [1.54, 1.807) is 36.4 Å². The molecule has 3 aromatic carbocycles. The molecule has 2 aliphatic rings. The van der Waals surface area contributed by atoms with E-state index in [-0.39, 0.29) is 12.1 Å². The van der Waals surface area contributed by atoms with Crippen molar-refractivity contribution >= 4 is 17.7 Å². The zero-order valence-electron chi connectivity index (χ0n) is 22.2. The van der Waals surface area contributed by atoms with Crippen LogP contribution in [0.2, 0.25) is 0 Å². The minimum Gasteiger partial charge on any atom is -0.337 e. The lowest BCUT2D eigenvalue weighted by molar-refractivity contribution is 0.176. The summed E-state index contributed by atoms with van der Waals surface area (Å²) in [6.07, 6.45) is 1.79. The second-order valence-electron chi connectivity index (χ2n) is 10.2. The third-order valence-corrected chi connectivity index (χ3v) is 7.87. The number of likely N-dealkylation sites (tertiary alicyclic amines) is 1. The van der Waals surface area contributed by atoms with Crippen molar-refractivity contribution in [3.05, 3.63) is 101 Å². The molecule has 10 heteroatoms. The molecule has 5 rings (SSSR count). The fourth-order valence-electron chi connectivity index (χ4n) is 5.68. The van der Waals surface area contributed by atoms with E-state index in [4.69, 9.17) is 0 Å². The van der Waals surface area contributed by atoms with Crippen LogP contribution in [0.3, 0.4) is 0 Å². The Kier molecular flexibility index (Phi) is 7.95. The van der Waals surface area contributed by atoms with Crippen LogP contribution in [0.1, 0.15) is 47.6 Å². The van der Waals surface area contributed by atoms with Gasteiger partial charge in [0.2, 0.25) is 0 Å². The van der Waals surface area contributed by atoms with Crippen LogP contribution in [-0.4, -0.2) is 48.0 Å². The van der Waals surface area contributed by atoms with Gasteiger partial charge in [0.25, 0.3) is 0 Å². The summed E-state index contributed by atoms with van der Waals surface area (Å²) in [5.41, 5.74) is 1.94. The Bertz CT molecular complexity index is 1550. The van der Waals surface area contributed by atoms with Crippen LogP contribution in [-0.2, 0) is 5.41 Å². The number of nitriles is 2. The number of rotatable bonds is 6. The predicted octanol–water partition coefficient (Wildman–Crippen LogP) is 5.43. The Hall–Kier alpha value is -4.80. The second kappa shape index (κ2) is 11.7. The van der Waals surface area contributed by atoms with Gasteiger partial charge < -0.3 is 15.5 Å². The summed E-state index contributed by atoms with van der Waals surface area (Å²) in [7, 11) is 0. The summed E-state index contributed by atoms with van der Waals surface area (Å²) in [6.45, 7) is 2.30. The number of hydrogen-bond donors (Lipinski definition) is 2. The average Bonchev–Trinajstić information content (AvgIpc) is 3.00. The van der Waals surface area contributed by atoms with Crippen LogP contribution in [0.25, 0.3) is 0 Å². The molecular weight excluding hydrogens is 526 g/mol. The lowest BCUT2D eigenvalue weighted by Gasteiger charge is -2.38. The molecule has 8 nitrogen and oxygen atoms in total. The fraction of sp³-hybridized carbons (Fsp3) is 0.290. The van der Waals surface area contributed by atoms with E-state index in [1.165, 1.54) is 6.07 Å². The maximum atomic E-state index is 14.1. The van der Waals surface area contributed by atoms with Gasteiger partial charge in [0.15, 0.2) is 11.6 Å². The fourth-order valence-corrected chi connectivity index (χ4v) is 5.68. The summed E-state index contributed by atoms with van der Waals surface area (Å²) >= 11 is 0. The van der Waals surface area contributed by atoms with Crippen molar-refractivity contribution < 1.29 is 18.4 Å². The number of urea groups is 2. The molecule has 4 amide bonds. The maximum Gasteiger partial charge on any atom is 0.330 e. The van der Waals surface area contributed by atoms with Crippen molar-refractivity contribution in [2.75, 3.05) is 31.5 Å². The molecule has 41 heavy (non-hydrogen) atoms. The second-order valence-corrected chi connectivity index (χ2v) is 10.2. The molecular formula is C31H28F2N6O2. The number of piperidine rings is 1. The molecule has 0 aliphatic carbocycles. The molecule has 0 radical (unpaired) electrons. The van der Waals surface area contributed by atoms with Gasteiger partial charge in [-0.25, -0.2) is 23.3 Å². The summed E-state index contributed by atoms with van der Waals surface area (Å²) in [5, 5.41) is 25.0. The third kappa shape index (κ3) is 5.47. The van der Waals surface area contributed by atoms with Crippen molar-refractivity contribution in [3.8, 4) is 12.1 Å². The standard InChI is InChI=1S/C31H28F2N6O2/c32-25-11-10-21(18-26(25)33)28-23-7-2-4-9-27(23)37-30(41)39(28)29(40)36-14-5-15-38-16-12-31(20-35,13-17-38)24-8-3-1-6-22(24)19-34/h1-4,6-11,18,28H,5,12-17H2,(H,36,40)(H,37,41). The normalized spacial score (nSPS) is 18.0. The predicted molar refractivity (Wildman–Crippen MR) is 148 cm³/mol. The Balaban J connectivity index is 1.21. The smallest absolute Gasteiger partial charge is 0.330 e.